The molecule has 0 aliphatic rings. The molecule has 1 atom stereocenters. The van der Waals surface area contributed by atoms with Gasteiger partial charge in [-0.3, -0.25) is 4.79 Å². The van der Waals surface area contributed by atoms with Crippen molar-refractivity contribution in [3.63, 3.8) is 0 Å². The third-order valence-electron chi connectivity index (χ3n) is 2.88. The summed E-state index contributed by atoms with van der Waals surface area (Å²) in [6, 6.07) is 11.4. The number of hydrogen-bond acceptors (Lipinski definition) is 5. The first-order valence-electron chi connectivity index (χ1n) is 5.72. The molecule has 0 radical (unpaired) electrons. The Hall–Kier alpha value is -2.53. The summed E-state index contributed by atoms with van der Waals surface area (Å²) in [4.78, 5) is 12.2. The van der Waals surface area contributed by atoms with Gasteiger partial charge in [0.05, 0.1) is 11.4 Å². The SMILES string of the molecule is Nc1cc(N)c(C(=O)C(O)c2ccccc2)cc1N. The van der Waals surface area contributed by atoms with Crippen LogP contribution in [0.1, 0.15) is 22.0 Å². The van der Waals surface area contributed by atoms with Gasteiger partial charge in [0, 0.05) is 11.3 Å². The average Bonchev–Trinajstić information content (AvgIpc) is 2.42. The summed E-state index contributed by atoms with van der Waals surface area (Å²) in [7, 11) is 0. The van der Waals surface area contributed by atoms with Crippen LogP contribution in [-0.2, 0) is 0 Å². The lowest BCUT2D eigenvalue weighted by atomic mass is 9.98. The van der Waals surface area contributed by atoms with E-state index in [1.165, 1.54) is 12.1 Å². The zero-order valence-electron chi connectivity index (χ0n) is 10.2. The van der Waals surface area contributed by atoms with E-state index < -0.39 is 11.9 Å². The maximum absolute atomic E-state index is 12.2. The summed E-state index contributed by atoms with van der Waals surface area (Å²) in [6.07, 6.45) is -1.27. The van der Waals surface area contributed by atoms with Gasteiger partial charge in [0.15, 0.2) is 5.78 Å². The number of anilines is 3. The lowest BCUT2D eigenvalue weighted by Crippen LogP contribution is -2.15. The number of aliphatic hydroxyl groups excluding tert-OH is 1. The van der Waals surface area contributed by atoms with Crippen LogP contribution in [-0.4, -0.2) is 10.9 Å². The van der Waals surface area contributed by atoms with Gasteiger partial charge in [-0.2, -0.15) is 0 Å². The molecular weight excluding hydrogens is 242 g/mol. The molecular formula is C14H15N3O2. The lowest BCUT2D eigenvalue weighted by molar-refractivity contribution is 0.0748. The molecule has 0 saturated carbocycles. The Bertz CT molecular complexity index is 612. The largest absolute Gasteiger partial charge is 0.398 e. The molecule has 19 heavy (non-hydrogen) atoms. The van der Waals surface area contributed by atoms with E-state index in [2.05, 4.69) is 0 Å². The van der Waals surface area contributed by atoms with Crippen molar-refractivity contribution in [1.82, 2.24) is 0 Å². The zero-order chi connectivity index (χ0) is 14.0. The Balaban J connectivity index is 2.37. The number of hydrogen-bond donors (Lipinski definition) is 4. The first-order chi connectivity index (χ1) is 9.00. The fourth-order valence-electron chi connectivity index (χ4n) is 1.80. The molecule has 0 spiro atoms. The van der Waals surface area contributed by atoms with Gasteiger partial charge in [-0.15, -0.1) is 0 Å². The molecule has 0 bridgehead atoms. The first kappa shape index (κ1) is 12.9. The molecule has 0 heterocycles. The van der Waals surface area contributed by atoms with Crippen LogP contribution in [0.2, 0.25) is 0 Å². The van der Waals surface area contributed by atoms with Crippen LogP contribution in [0.25, 0.3) is 0 Å². The highest BCUT2D eigenvalue weighted by Crippen LogP contribution is 2.27. The minimum absolute atomic E-state index is 0.169. The van der Waals surface area contributed by atoms with Crippen molar-refractivity contribution in [3.8, 4) is 0 Å². The van der Waals surface area contributed by atoms with Gasteiger partial charge in [-0.1, -0.05) is 30.3 Å². The van der Waals surface area contributed by atoms with Crippen molar-refractivity contribution >= 4 is 22.8 Å². The second-order valence-electron chi connectivity index (χ2n) is 4.25. The average molecular weight is 257 g/mol. The van der Waals surface area contributed by atoms with E-state index in [-0.39, 0.29) is 16.9 Å². The number of benzene rings is 2. The molecule has 0 aliphatic heterocycles. The Morgan fingerprint density at radius 1 is 0.947 bits per heavy atom. The van der Waals surface area contributed by atoms with Gasteiger partial charge >= 0.3 is 0 Å². The number of rotatable bonds is 3. The van der Waals surface area contributed by atoms with Crippen molar-refractivity contribution in [1.29, 1.82) is 0 Å². The Morgan fingerprint density at radius 3 is 2.16 bits per heavy atom. The van der Waals surface area contributed by atoms with E-state index in [1.807, 2.05) is 0 Å². The monoisotopic (exact) mass is 257 g/mol. The maximum atomic E-state index is 12.2. The minimum Gasteiger partial charge on any atom is -0.398 e. The summed E-state index contributed by atoms with van der Waals surface area (Å²) in [5.74, 6) is -0.504. The molecule has 0 fully saturated rings. The van der Waals surface area contributed by atoms with Crippen LogP contribution in [0.3, 0.4) is 0 Å². The van der Waals surface area contributed by atoms with Gasteiger partial charge in [-0.05, 0) is 17.7 Å². The number of carbonyl (C=O) groups is 1. The molecule has 5 nitrogen and oxygen atoms in total. The maximum Gasteiger partial charge on any atom is 0.197 e. The molecule has 7 N–H and O–H groups in total. The fourth-order valence-corrected chi connectivity index (χ4v) is 1.80. The van der Waals surface area contributed by atoms with Crippen molar-refractivity contribution < 1.29 is 9.90 Å². The predicted molar refractivity (Wildman–Crippen MR) is 75.4 cm³/mol. The number of Topliss-reactive ketones (excluding diaryl/α,β-unsaturated/α-hetero) is 1. The third-order valence-corrected chi connectivity index (χ3v) is 2.88. The van der Waals surface area contributed by atoms with E-state index in [0.29, 0.717) is 11.3 Å². The molecule has 0 amide bonds. The minimum atomic E-state index is -1.27. The molecule has 0 aliphatic carbocycles. The number of ketones is 1. The molecule has 0 saturated heterocycles. The standard InChI is InChI=1S/C14H15N3O2/c15-10-7-12(17)11(16)6-9(10)14(19)13(18)8-4-2-1-3-5-8/h1-7,13,18H,15-17H2. The van der Waals surface area contributed by atoms with Crippen LogP contribution in [0, 0.1) is 0 Å². The van der Waals surface area contributed by atoms with Crippen LogP contribution >= 0.6 is 0 Å². The normalized spacial score (nSPS) is 12.1. The fraction of sp³-hybridized carbons (Fsp3) is 0.0714. The van der Waals surface area contributed by atoms with Gasteiger partial charge in [0.1, 0.15) is 6.10 Å². The Morgan fingerprint density at radius 2 is 1.53 bits per heavy atom. The van der Waals surface area contributed by atoms with Gasteiger partial charge in [-0.25, -0.2) is 0 Å². The quantitative estimate of drug-likeness (QED) is 0.489. The zero-order valence-corrected chi connectivity index (χ0v) is 10.2. The van der Waals surface area contributed by atoms with Crippen LogP contribution in [0.4, 0.5) is 17.1 Å². The van der Waals surface area contributed by atoms with Crippen molar-refractivity contribution in [3.05, 3.63) is 53.6 Å². The first-order valence-corrected chi connectivity index (χ1v) is 5.72. The van der Waals surface area contributed by atoms with E-state index in [4.69, 9.17) is 17.2 Å². The molecule has 2 aromatic carbocycles. The van der Waals surface area contributed by atoms with Gasteiger partial charge in [0.25, 0.3) is 0 Å². The smallest absolute Gasteiger partial charge is 0.197 e. The van der Waals surface area contributed by atoms with E-state index in [9.17, 15) is 9.90 Å². The molecule has 0 aromatic heterocycles. The number of aliphatic hydroxyl groups is 1. The summed E-state index contributed by atoms with van der Waals surface area (Å²) < 4.78 is 0. The molecule has 5 heteroatoms. The Kier molecular flexibility index (Phi) is 3.39. The van der Waals surface area contributed by atoms with Gasteiger partial charge in [0.2, 0.25) is 0 Å². The summed E-state index contributed by atoms with van der Waals surface area (Å²) in [6.45, 7) is 0. The van der Waals surface area contributed by atoms with E-state index >= 15 is 0 Å². The Labute approximate surface area is 110 Å². The lowest BCUT2D eigenvalue weighted by Gasteiger charge is -2.13. The summed E-state index contributed by atoms with van der Waals surface area (Å²) in [5, 5.41) is 10.0. The highest BCUT2D eigenvalue weighted by Gasteiger charge is 2.21. The summed E-state index contributed by atoms with van der Waals surface area (Å²) >= 11 is 0. The number of nitrogens with two attached hydrogens (primary N) is 3. The van der Waals surface area contributed by atoms with Crippen molar-refractivity contribution in [2.75, 3.05) is 17.2 Å². The van der Waals surface area contributed by atoms with Gasteiger partial charge < -0.3 is 22.3 Å². The summed E-state index contributed by atoms with van der Waals surface area (Å²) in [5.41, 5.74) is 18.4. The highest BCUT2D eigenvalue weighted by atomic mass is 16.3. The predicted octanol–water partition coefficient (Wildman–Crippen LogP) is 1.35. The van der Waals surface area contributed by atoms with Crippen LogP contribution < -0.4 is 17.2 Å². The molecule has 2 rings (SSSR count). The second-order valence-corrected chi connectivity index (χ2v) is 4.25. The van der Waals surface area contributed by atoms with Crippen LogP contribution in [0.15, 0.2) is 42.5 Å². The topological polar surface area (TPSA) is 115 Å². The second kappa shape index (κ2) is 4.99. The van der Waals surface area contributed by atoms with E-state index in [0.717, 1.165) is 0 Å². The number of carbonyl (C=O) groups excluding carboxylic acids is 1. The number of nitrogen functional groups attached to an aromatic ring is 3. The molecule has 1 unspecified atom stereocenters. The van der Waals surface area contributed by atoms with Crippen molar-refractivity contribution in [2.45, 2.75) is 6.10 Å². The highest BCUT2D eigenvalue weighted by molar-refractivity contribution is 6.05. The van der Waals surface area contributed by atoms with Crippen molar-refractivity contribution in [2.24, 2.45) is 0 Å². The molecule has 98 valence electrons. The van der Waals surface area contributed by atoms with E-state index in [1.54, 1.807) is 30.3 Å². The molecule has 2 aromatic rings. The van der Waals surface area contributed by atoms with Crippen LogP contribution in [0.5, 0.6) is 0 Å². The third kappa shape index (κ3) is 2.51.